The second-order valence-electron chi connectivity index (χ2n) is 5.80. The molecule has 1 saturated heterocycles. The first-order valence-corrected chi connectivity index (χ1v) is 6.56. The van der Waals surface area contributed by atoms with Crippen molar-refractivity contribution < 1.29 is 9.53 Å². The molecule has 1 heterocycles. The van der Waals surface area contributed by atoms with E-state index < -0.39 is 0 Å². The van der Waals surface area contributed by atoms with E-state index in [1.807, 2.05) is 17.0 Å². The van der Waals surface area contributed by atoms with E-state index >= 15 is 0 Å². The molecule has 1 aliphatic heterocycles. The Bertz CT molecular complexity index is 444. The molecule has 1 spiro atoms. The molecule has 0 aromatic heterocycles. The average molecular weight is 245 g/mol. The van der Waals surface area contributed by atoms with Crippen molar-refractivity contribution in [2.24, 2.45) is 11.3 Å². The highest BCUT2D eigenvalue weighted by molar-refractivity contribution is 5.49. The van der Waals surface area contributed by atoms with E-state index in [9.17, 15) is 4.79 Å². The van der Waals surface area contributed by atoms with Crippen molar-refractivity contribution in [3.05, 3.63) is 29.8 Å². The molecule has 3 rings (SSSR count). The number of benzene rings is 1. The van der Waals surface area contributed by atoms with Crippen LogP contribution in [0.4, 0.5) is 0 Å². The molecular weight excluding hydrogens is 226 g/mol. The van der Waals surface area contributed by atoms with Crippen LogP contribution in [0, 0.1) is 11.3 Å². The van der Waals surface area contributed by atoms with Gasteiger partial charge in [-0.1, -0.05) is 18.2 Å². The maximum absolute atomic E-state index is 10.6. The Morgan fingerprint density at radius 1 is 1.39 bits per heavy atom. The Balaban J connectivity index is 1.56. The van der Waals surface area contributed by atoms with Crippen LogP contribution in [0.2, 0.25) is 0 Å². The number of ether oxygens (including phenoxy) is 1. The fourth-order valence-electron chi connectivity index (χ4n) is 3.64. The second kappa shape index (κ2) is 4.30. The van der Waals surface area contributed by atoms with Crippen molar-refractivity contribution in [3.63, 3.8) is 0 Å². The van der Waals surface area contributed by atoms with E-state index in [4.69, 9.17) is 4.74 Å². The van der Waals surface area contributed by atoms with Crippen LogP contribution in [0.15, 0.2) is 24.3 Å². The molecule has 2 aliphatic rings. The van der Waals surface area contributed by atoms with E-state index in [0.29, 0.717) is 5.41 Å². The summed E-state index contributed by atoms with van der Waals surface area (Å²) in [5, 5.41) is 0. The van der Waals surface area contributed by atoms with Crippen LogP contribution in [0.3, 0.4) is 0 Å². The predicted molar refractivity (Wildman–Crippen MR) is 69.5 cm³/mol. The normalized spacial score (nSPS) is 21.3. The summed E-state index contributed by atoms with van der Waals surface area (Å²) in [6.45, 7) is 1.94. The third-order valence-corrected chi connectivity index (χ3v) is 4.37. The molecule has 1 saturated carbocycles. The Morgan fingerprint density at radius 3 is 2.78 bits per heavy atom. The highest BCUT2D eigenvalue weighted by atomic mass is 16.5. The maximum Gasteiger partial charge on any atom is 0.209 e. The van der Waals surface area contributed by atoms with Crippen molar-refractivity contribution >= 4 is 6.41 Å². The number of rotatable bonds is 4. The quantitative estimate of drug-likeness (QED) is 0.760. The molecule has 1 aliphatic carbocycles. The smallest absolute Gasteiger partial charge is 0.209 e. The summed E-state index contributed by atoms with van der Waals surface area (Å²) < 4.78 is 5.39. The number of hydrogen-bond donors (Lipinski definition) is 0. The highest BCUT2D eigenvalue weighted by Crippen LogP contribution is 2.52. The minimum atomic E-state index is 0.466. The van der Waals surface area contributed by atoms with Gasteiger partial charge in [-0.3, -0.25) is 4.79 Å². The summed E-state index contributed by atoms with van der Waals surface area (Å²) in [5.74, 6) is 1.76. The summed E-state index contributed by atoms with van der Waals surface area (Å²) in [4.78, 5) is 12.5. The van der Waals surface area contributed by atoms with Gasteiger partial charge in [0, 0.05) is 18.5 Å². The first-order chi connectivity index (χ1) is 8.74. The minimum Gasteiger partial charge on any atom is -0.496 e. The molecule has 0 unspecified atom stereocenters. The van der Waals surface area contributed by atoms with Gasteiger partial charge in [-0.25, -0.2) is 0 Å². The third kappa shape index (κ3) is 1.88. The molecule has 0 radical (unpaired) electrons. The lowest BCUT2D eigenvalue weighted by Gasteiger charge is -2.58. The van der Waals surface area contributed by atoms with Crippen LogP contribution >= 0.6 is 0 Å². The molecule has 3 nitrogen and oxygen atoms in total. The minimum absolute atomic E-state index is 0.466. The summed E-state index contributed by atoms with van der Waals surface area (Å²) >= 11 is 0. The molecule has 0 N–H and O–H groups in total. The van der Waals surface area contributed by atoms with Gasteiger partial charge >= 0.3 is 0 Å². The van der Waals surface area contributed by atoms with Gasteiger partial charge in [0.25, 0.3) is 0 Å². The number of amides is 1. The van der Waals surface area contributed by atoms with Crippen molar-refractivity contribution in [2.75, 3.05) is 20.2 Å². The topological polar surface area (TPSA) is 29.5 Å². The van der Waals surface area contributed by atoms with E-state index in [1.165, 1.54) is 18.4 Å². The molecule has 3 heteroatoms. The Kier molecular flexibility index (Phi) is 2.77. The Hall–Kier alpha value is -1.51. The number of nitrogens with zero attached hydrogens (tertiary/aromatic N) is 1. The SMILES string of the molecule is COc1ccccc1CC1CC2(C1)CN(C=O)C2. The fraction of sp³-hybridized carbons (Fsp3) is 0.533. The Morgan fingerprint density at radius 2 is 2.11 bits per heavy atom. The molecular formula is C15H19NO2. The van der Waals surface area contributed by atoms with E-state index in [1.54, 1.807) is 7.11 Å². The lowest BCUT2D eigenvalue weighted by atomic mass is 9.56. The Labute approximate surface area is 108 Å². The first-order valence-electron chi connectivity index (χ1n) is 6.56. The molecule has 96 valence electrons. The van der Waals surface area contributed by atoms with Gasteiger partial charge in [0.2, 0.25) is 6.41 Å². The maximum atomic E-state index is 10.6. The zero-order chi connectivity index (χ0) is 12.6. The molecule has 18 heavy (non-hydrogen) atoms. The zero-order valence-electron chi connectivity index (χ0n) is 10.8. The van der Waals surface area contributed by atoms with Gasteiger partial charge in [-0.15, -0.1) is 0 Å². The van der Waals surface area contributed by atoms with Crippen molar-refractivity contribution in [1.82, 2.24) is 4.90 Å². The second-order valence-corrected chi connectivity index (χ2v) is 5.80. The standard InChI is InChI=1S/C15H19NO2/c1-18-14-5-3-2-4-13(14)6-12-7-15(8-12)9-16(10-15)11-17/h2-5,11-12H,6-10H2,1H3. The number of para-hydroxylation sites is 1. The fourth-order valence-corrected chi connectivity index (χ4v) is 3.64. The lowest BCUT2D eigenvalue weighted by Crippen LogP contribution is -2.61. The summed E-state index contributed by atoms with van der Waals surface area (Å²) in [6, 6.07) is 8.27. The van der Waals surface area contributed by atoms with Gasteiger partial charge in [0.15, 0.2) is 0 Å². The average Bonchev–Trinajstić information content (AvgIpc) is 2.31. The number of likely N-dealkylation sites (tertiary alicyclic amines) is 1. The van der Waals surface area contributed by atoms with Crippen molar-refractivity contribution in [3.8, 4) is 5.75 Å². The van der Waals surface area contributed by atoms with Crippen LogP contribution in [0.25, 0.3) is 0 Å². The lowest BCUT2D eigenvalue weighted by molar-refractivity contribution is -0.141. The highest BCUT2D eigenvalue weighted by Gasteiger charge is 2.51. The van der Waals surface area contributed by atoms with Crippen LogP contribution in [0.5, 0.6) is 5.75 Å². The van der Waals surface area contributed by atoms with Crippen molar-refractivity contribution in [2.45, 2.75) is 19.3 Å². The van der Waals surface area contributed by atoms with E-state index in [-0.39, 0.29) is 0 Å². The van der Waals surface area contributed by atoms with Crippen LogP contribution < -0.4 is 4.74 Å². The number of carbonyl (C=O) groups is 1. The van der Waals surface area contributed by atoms with Crippen LogP contribution in [-0.4, -0.2) is 31.5 Å². The zero-order valence-corrected chi connectivity index (χ0v) is 10.8. The van der Waals surface area contributed by atoms with Gasteiger partial charge in [0.1, 0.15) is 5.75 Å². The summed E-state index contributed by atoms with van der Waals surface area (Å²) in [5.41, 5.74) is 1.78. The molecule has 2 fully saturated rings. The molecule has 0 bridgehead atoms. The molecule has 1 aromatic carbocycles. The predicted octanol–water partition coefficient (Wildman–Crippen LogP) is 2.11. The van der Waals surface area contributed by atoms with Gasteiger partial charge < -0.3 is 9.64 Å². The summed E-state index contributed by atoms with van der Waals surface area (Å²) in [7, 11) is 1.73. The van der Waals surface area contributed by atoms with E-state index in [2.05, 4.69) is 12.1 Å². The van der Waals surface area contributed by atoms with Gasteiger partial charge in [-0.05, 0) is 36.8 Å². The number of methoxy groups -OCH3 is 1. The first kappa shape index (κ1) is 11.6. The van der Waals surface area contributed by atoms with Crippen LogP contribution in [0.1, 0.15) is 18.4 Å². The van der Waals surface area contributed by atoms with Gasteiger partial charge in [0.05, 0.1) is 7.11 Å². The molecule has 1 amide bonds. The largest absolute Gasteiger partial charge is 0.496 e. The van der Waals surface area contributed by atoms with E-state index in [0.717, 1.165) is 37.6 Å². The summed E-state index contributed by atoms with van der Waals surface area (Å²) in [6.07, 6.45) is 4.59. The number of carbonyl (C=O) groups excluding carboxylic acids is 1. The third-order valence-electron chi connectivity index (χ3n) is 4.37. The number of hydrogen-bond acceptors (Lipinski definition) is 2. The monoisotopic (exact) mass is 245 g/mol. The van der Waals surface area contributed by atoms with Crippen molar-refractivity contribution in [1.29, 1.82) is 0 Å². The molecule has 0 atom stereocenters. The van der Waals surface area contributed by atoms with Crippen LogP contribution in [-0.2, 0) is 11.2 Å². The molecule has 1 aromatic rings. The van der Waals surface area contributed by atoms with Gasteiger partial charge in [-0.2, -0.15) is 0 Å².